The molecular weight excluding hydrogens is 522 g/mol. The first kappa shape index (κ1) is 31.8. The fourth-order valence-corrected chi connectivity index (χ4v) is 4.40. The second-order valence-corrected chi connectivity index (χ2v) is 10.2. The van der Waals surface area contributed by atoms with Gasteiger partial charge in [0, 0.05) is 5.56 Å². The van der Waals surface area contributed by atoms with Crippen LogP contribution in [0.25, 0.3) is 0 Å². The van der Waals surface area contributed by atoms with Crippen molar-refractivity contribution in [3.8, 4) is 0 Å². The van der Waals surface area contributed by atoms with Crippen molar-refractivity contribution in [3.63, 3.8) is 0 Å². The lowest BCUT2D eigenvalue weighted by atomic mass is 9.79. The Labute approximate surface area is 241 Å². The molecule has 4 nitrogen and oxygen atoms in total. The summed E-state index contributed by atoms with van der Waals surface area (Å²) in [4.78, 5) is 12.0. The van der Waals surface area contributed by atoms with Gasteiger partial charge in [0.2, 0.25) is 0 Å². The van der Waals surface area contributed by atoms with E-state index in [1.807, 2.05) is 81.4 Å². The third-order valence-electron chi connectivity index (χ3n) is 6.99. The van der Waals surface area contributed by atoms with E-state index in [1.54, 1.807) is 19.1 Å². The molecule has 0 radical (unpaired) electrons. The largest absolute Gasteiger partial charge is 0.382 e. The molecule has 0 amide bonds. The number of Topliss-reactive ketones (excluding diaryl/α,β-unsaturated/α-hetero) is 1. The fraction of sp³-hybridized carbons (Fsp3) is 0.286. The van der Waals surface area contributed by atoms with E-state index in [9.17, 15) is 18.7 Å². The Kier molecular flexibility index (Phi) is 11.9. The van der Waals surface area contributed by atoms with Crippen molar-refractivity contribution in [1.82, 2.24) is 0 Å². The predicted octanol–water partition coefficient (Wildman–Crippen LogP) is 7.89. The van der Waals surface area contributed by atoms with Crippen LogP contribution in [-0.2, 0) is 28.3 Å². The zero-order chi connectivity index (χ0) is 29.8. The van der Waals surface area contributed by atoms with Crippen molar-refractivity contribution in [2.75, 3.05) is 0 Å². The summed E-state index contributed by atoms with van der Waals surface area (Å²) in [5.74, 6) is -0.873. The van der Waals surface area contributed by atoms with E-state index in [0.29, 0.717) is 24.3 Å². The van der Waals surface area contributed by atoms with Crippen LogP contribution in [-0.4, -0.2) is 23.1 Å². The summed E-state index contributed by atoms with van der Waals surface area (Å²) >= 11 is 0. The minimum atomic E-state index is -1.16. The Morgan fingerprint density at radius 1 is 0.683 bits per heavy atom. The topological polar surface area (TPSA) is 55.8 Å². The van der Waals surface area contributed by atoms with Gasteiger partial charge in [-0.2, -0.15) is 0 Å². The highest BCUT2D eigenvalue weighted by Crippen LogP contribution is 2.35. The summed E-state index contributed by atoms with van der Waals surface area (Å²) in [5.41, 5.74) is 2.04. The third-order valence-corrected chi connectivity index (χ3v) is 6.99. The van der Waals surface area contributed by atoms with Crippen LogP contribution in [0.3, 0.4) is 0 Å². The fourth-order valence-electron chi connectivity index (χ4n) is 4.40. The van der Waals surface area contributed by atoms with E-state index < -0.39 is 17.8 Å². The van der Waals surface area contributed by atoms with Gasteiger partial charge in [0.25, 0.3) is 0 Å². The van der Waals surface area contributed by atoms with Crippen molar-refractivity contribution in [1.29, 1.82) is 0 Å². The third kappa shape index (κ3) is 9.15. The highest BCUT2D eigenvalue weighted by atomic mass is 19.1. The lowest BCUT2D eigenvalue weighted by molar-refractivity contribution is -0.137. The number of hydrogen-bond donors (Lipinski definition) is 1. The molecule has 0 aliphatic carbocycles. The van der Waals surface area contributed by atoms with Crippen LogP contribution in [0.4, 0.5) is 8.78 Å². The Bertz CT molecular complexity index is 1330. The molecular formula is C35H38F2O4. The second-order valence-electron chi connectivity index (χ2n) is 10.2. The van der Waals surface area contributed by atoms with Crippen LogP contribution in [0.15, 0.2) is 109 Å². The van der Waals surface area contributed by atoms with Gasteiger partial charge in [-0.15, -0.1) is 0 Å². The normalized spacial score (nSPS) is 14.0. The zero-order valence-electron chi connectivity index (χ0n) is 24.0. The molecule has 0 aromatic heterocycles. The van der Waals surface area contributed by atoms with Gasteiger partial charge in [-0.3, -0.25) is 4.79 Å². The van der Waals surface area contributed by atoms with Gasteiger partial charge in [0.1, 0.15) is 23.3 Å². The summed E-state index contributed by atoms with van der Waals surface area (Å²) in [6.07, 6.45) is -0.969. The molecule has 1 N–H and O–H groups in total. The quantitative estimate of drug-likeness (QED) is 0.190. The Morgan fingerprint density at radius 2 is 1.12 bits per heavy atom. The summed E-state index contributed by atoms with van der Waals surface area (Å²) in [7, 11) is 0. The summed E-state index contributed by atoms with van der Waals surface area (Å²) in [6, 6.07) is 31.0. The molecule has 0 aliphatic heterocycles. The van der Waals surface area contributed by atoms with Crippen molar-refractivity contribution >= 4 is 5.78 Å². The molecule has 6 heteroatoms. The molecule has 0 aliphatic rings. The Morgan fingerprint density at radius 3 is 1.59 bits per heavy atom. The van der Waals surface area contributed by atoms with Crippen molar-refractivity contribution in [2.24, 2.45) is 5.92 Å². The van der Waals surface area contributed by atoms with Gasteiger partial charge in [-0.25, -0.2) is 8.78 Å². The monoisotopic (exact) mass is 560 g/mol. The van der Waals surface area contributed by atoms with Crippen LogP contribution < -0.4 is 0 Å². The van der Waals surface area contributed by atoms with Gasteiger partial charge in [0.15, 0.2) is 5.78 Å². The first-order valence-electron chi connectivity index (χ1n) is 13.7. The molecule has 3 atom stereocenters. The molecule has 0 saturated heterocycles. The SMILES string of the molecule is CC(C)[C@@](O)(c1ccc(F)cc1)[C@H](C)OCc1ccccc1.C[C@H](OCc1ccccc1)C(=O)c1ccc(F)cc1. The molecule has 0 bridgehead atoms. The Hall–Kier alpha value is -3.71. The number of rotatable bonds is 11. The van der Waals surface area contributed by atoms with Crippen LogP contribution in [0.1, 0.15) is 54.7 Å². The zero-order valence-corrected chi connectivity index (χ0v) is 24.0. The average molecular weight is 561 g/mol. The number of benzene rings is 4. The standard InChI is InChI=1S/C19H23FO2.C16H15FO2/c1-14(2)19(21,17-9-11-18(20)12-10-17)15(3)22-13-16-7-5-4-6-8-16;1-12(19-11-13-5-3-2-4-6-13)16(18)14-7-9-15(17)10-8-14/h4-12,14-15,21H,13H2,1-3H3;2-10,12H,11H2,1H3/t15-,19-;12-/m00/s1. The van der Waals surface area contributed by atoms with Crippen molar-refractivity contribution in [3.05, 3.63) is 143 Å². The minimum absolute atomic E-state index is 0.0660. The van der Waals surface area contributed by atoms with Gasteiger partial charge < -0.3 is 14.6 Å². The van der Waals surface area contributed by atoms with E-state index in [2.05, 4.69) is 0 Å². The maximum Gasteiger partial charge on any atom is 0.191 e. The molecule has 0 spiro atoms. The van der Waals surface area contributed by atoms with Crippen LogP contribution in [0.5, 0.6) is 0 Å². The highest BCUT2D eigenvalue weighted by Gasteiger charge is 2.39. The van der Waals surface area contributed by atoms with Crippen LogP contribution in [0, 0.1) is 17.6 Å². The van der Waals surface area contributed by atoms with Gasteiger partial charge in [-0.1, -0.05) is 86.6 Å². The number of carbonyl (C=O) groups is 1. The first-order valence-corrected chi connectivity index (χ1v) is 13.7. The van der Waals surface area contributed by atoms with E-state index >= 15 is 0 Å². The van der Waals surface area contributed by atoms with E-state index in [1.165, 1.54) is 36.4 Å². The van der Waals surface area contributed by atoms with E-state index in [0.717, 1.165) is 11.1 Å². The molecule has 0 unspecified atom stereocenters. The Balaban J connectivity index is 0.000000228. The predicted molar refractivity (Wildman–Crippen MR) is 157 cm³/mol. The molecule has 4 aromatic carbocycles. The molecule has 0 heterocycles. The number of halogens is 2. The number of ether oxygens (including phenoxy) is 2. The van der Waals surface area contributed by atoms with Crippen LogP contribution >= 0.6 is 0 Å². The highest BCUT2D eigenvalue weighted by molar-refractivity contribution is 5.99. The van der Waals surface area contributed by atoms with E-state index in [4.69, 9.17) is 9.47 Å². The summed E-state index contributed by atoms with van der Waals surface area (Å²) in [6.45, 7) is 8.24. The lowest BCUT2D eigenvalue weighted by Gasteiger charge is -2.38. The smallest absolute Gasteiger partial charge is 0.191 e. The first-order chi connectivity index (χ1) is 19.6. The number of aliphatic hydroxyl groups is 1. The molecule has 0 saturated carbocycles. The molecule has 4 aromatic rings. The van der Waals surface area contributed by atoms with Crippen molar-refractivity contribution in [2.45, 2.75) is 58.7 Å². The van der Waals surface area contributed by atoms with E-state index in [-0.39, 0.29) is 23.3 Å². The minimum Gasteiger partial charge on any atom is -0.382 e. The molecule has 0 fully saturated rings. The lowest BCUT2D eigenvalue weighted by Crippen LogP contribution is -2.44. The van der Waals surface area contributed by atoms with Gasteiger partial charge in [0.05, 0.1) is 19.3 Å². The van der Waals surface area contributed by atoms with Gasteiger partial charge >= 0.3 is 0 Å². The second kappa shape index (κ2) is 15.3. The number of hydrogen-bond acceptors (Lipinski definition) is 4. The average Bonchev–Trinajstić information content (AvgIpc) is 3.00. The summed E-state index contributed by atoms with van der Waals surface area (Å²) < 4.78 is 37.3. The molecule has 216 valence electrons. The maximum absolute atomic E-state index is 13.1. The summed E-state index contributed by atoms with van der Waals surface area (Å²) in [5, 5.41) is 11.1. The number of carbonyl (C=O) groups excluding carboxylic acids is 1. The number of ketones is 1. The van der Waals surface area contributed by atoms with Crippen molar-refractivity contribution < 1.29 is 28.2 Å². The maximum atomic E-state index is 13.1. The molecule has 41 heavy (non-hydrogen) atoms. The van der Waals surface area contributed by atoms with Gasteiger partial charge in [-0.05, 0) is 72.9 Å². The van der Waals surface area contributed by atoms with Crippen LogP contribution in [0.2, 0.25) is 0 Å². The molecule has 4 rings (SSSR count).